The number of hydrogen-bond donors (Lipinski definition) is 0. The van der Waals surface area contributed by atoms with Gasteiger partial charge in [-0.3, -0.25) is 4.90 Å². The van der Waals surface area contributed by atoms with Gasteiger partial charge in [-0.15, -0.1) is 0 Å². The van der Waals surface area contributed by atoms with Crippen LogP contribution in [0.5, 0.6) is 0 Å². The van der Waals surface area contributed by atoms with E-state index in [1.807, 2.05) is 35.2 Å². The molecule has 0 aliphatic carbocycles. The molecule has 2 saturated heterocycles. The van der Waals surface area contributed by atoms with Crippen LogP contribution in [-0.2, 0) is 21.2 Å². The van der Waals surface area contributed by atoms with Crippen molar-refractivity contribution in [3.05, 3.63) is 64.6 Å². The fraction of sp³-hybridized carbons (Fsp3) is 0.381. The molecule has 2 aliphatic heterocycles. The maximum Gasteiger partial charge on any atom is 0.410 e. The number of amides is 1. The summed E-state index contributed by atoms with van der Waals surface area (Å²) >= 11 is 3.33. The normalized spacial score (nSPS) is 21.3. The van der Waals surface area contributed by atoms with E-state index in [1.54, 1.807) is 24.3 Å². The largest absolute Gasteiger partial charge is 0.447 e. The molecule has 6 nitrogen and oxygen atoms in total. The molecule has 0 N–H and O–H groups in total. The van der Waals surface area contributed by atoms with Crippen LogP contribution in [0.3, 0.4) is 0 Å². The quantitative estimate of drug-likeness (QED) is 0.657. The molecule has 4 rings (SSSR count). The van der Waals surface area contributed by atoms with Crippen molar-refractivity contribution < 1.29 is 17.9 Å². The molecular formula is C21H23BrN2O4S. The fourth-order valence-corrected chi connectivity index (χ4v) is 6.17. The number of rotatable bonds is 5. The standard InChI is InChI=1S/C21H23BrN2O4S/c22-17-7-4-8-20(14-17)29(26,27)23-11-9-18(10-12-23)24-19(15-28-21(24)25)13-16-5-2-1-3-6-16/h1-8,14,18-19H,9-13,15H2/t19-/m0/s1. The lowest BCUT2D eigenvalue weighted by Gasteiger charge is -2.37. The van der Waals surface area contributed by atoms with Gasteiger partial charge in [0.2, 0.25) is 10.0 Å². The van der Waals surface area contributed by atoms with E-state index >= 15 is 0 Å². The third kappa shape index (κ3) is 4.34. The second kappa shape index (κ2) is 8.45. The molecule has 2 aromatic carbocycles. The second-order valence-corrected chi connectivity index (χ2v) is 10.3. The highest BCUT2D eigenvalue weighted by atomic mass is 79.9. The van der Waals surface area contributed by atoms with Crippen molar-refractivity contribution >= 4 is 32.0 Å². The number of ether oxygens (including phenoxy) is 1. The monoisotopic (exact) mass is 478 g/mol. The van der Waals surface area contributed by atoms with Gasteiger partial charge in [0.05, 0.1) is 10.9 Å². The Kier molecular flexibility index (Phi) is 5.94. The van der Waals surface area contributed by atoms with Crippen molar-refractivity contribution in [2.75, 3.05) is 19.7 Å². The molecule has 29 heavy (non-hydrogen) atoms. The average molecular weight is 479 g/mol. The van der Waals surface area contributed by atoms with E-state index in [1.165, 1.54) is 4.31 Å². The van der Waals surface area contributed by atoms with Crippen molar-refractivity contribution in [1.82, 2.24) is 9.21 Å². The van der Waals surface area contributed by atoms with Gasteiger partial charge in [0, 0.05) is 23.6 Å². The first-order valence-corrected chi connectivity index (χ1v) is 11.9. The van der Waals surface area contributed by atoms with Crippen LogP contribution in [0.25, 0.3) is 0 Å². The number of hydrogen-bond acceptors (Lipinski definition) is 4. The van der Waals surface area contributed by atoms with E-state index < -0.39 is 10.0 Å². The minimum Gasteiger partial charge on any atom is -0.447 e. The van der Waals surface area contributed by atoms with Gasteiger partial charge in [0.15, 0.2) is 0 Å². The number of benzene rings is 2. The van der Waals surface area contributed by atoms with Gasteiger partial charge < -0.3 is 4.74 Å². The average Bonchev–Trinajstić information content (AvgIpc) is 3.09. The lowest BCUT2D eigenvalue weighted by molar-refractivity contribution is 0.125. The number of piperidine rings is 1. The minimum absolute atomic E-state index is 0.00679. The van der Waals surface area contributed by atoms with Gasteiger partial charge in [-0.05, 0) is 43.0 Å². The fourth-order valence-electron chi connectivity index (χ4n) is 4.10. The Morgan fingerprint density at radius 3 is 2.45 bits per heavy atom. The molecule has 2 aromatic rings. The summed E-state index contributed by atoms with van der Waals surface area (Å²) in [5.74, 6) is 0. The van der Waals surface area contributed by atoms with Crippen LogP contribution >= 0.6 is 15.9 Å². The number of sulfonamides is 1. The first kappa shape index (κ1) is 20.4. The zero-order valence-electron chi connectivity index (χ0n) is 15.9. The molecule has 154 valence electrons. The zero-order chi connectivity index (χ0) is 20.4. The number of halogens is 1. The second-order valence-electron chi connectivity index (χ2n) is 7.42. The Labute approximate surface area is 179 Å². The Balaban J connectivity index is 1.43. The molecule has 0 bridgehead atoms. The van der Waals surface area contributed by atoms with E-state index in [4.69, 9.17) is 4.74 Å². The van der Waals surface area contributed by atoms with Crippen LogP contribution in [0.4, 0.5) is 4.79 Å². The van der Waals surface area contributed by atoms with Crippen LogP contribution in [0.1, 0.15) is 18.4 Å². The molecule has 0 radical (unpaired) electrons. The third-order valence-electron chi connectivity index (χ3n) is 5.57. The lowest BCUT2D eigenvalue weighted by Crippen LogP contribution is -2.50. The molecule has 1 amide bonds. The Bertz CT molecular complexity index is 975. The molecule has 1 atom stereocenters. The predicted molar refractivity (Wildman–Crippen MR) is 113 cm³/mol. The van der Waals surface area contributed by atoms with E-state index in [0.29, 0.717) is 32.5 Å². The molecule has 8 heteroatoms. The molecule has 2 heterocycles. The predicted octanol–water partition coefficient (Wildman–Crippen LogP) is 3.67. The van der Waals surface area contributed by atoms with Gasteiger partial charge in [-0.2, -0.15) is 4.31 Å². The van der Waals surface area contributed by atoms with Gasteiger partial charge in [0.25, 0.3) is 0 Å². The Hall–Kier alpha value is -1.90. The van der Waals surface area contributed by atoms with Crippen LogP contribution < -0.4 is 0 Å². The van der Waals surface area contributed by atoms with Crippen molar-refractivity contribution in [1.29, 1.82) is 0 Å². The Morgan fingerprint density at radius 1 is 1.03 bits per heavy atom. The molecule has 0 aromatic heterocycles. The summed E-state index contributed by atoms with van der Waals surface area (Å²) in [6.45, 7) is 1.16. The number of nitrogens with zero attached hydrogens (tertiary/aromatic N) is 2. The van der Waals surface area contributed by atoms with Crippen molar-refractivity contribution in [3.63, 3.8) is 0 Å². The smallest absolute Gasteiger partial charge is 0.410 e. The van der Waals surface area contributed by atoms with Crippen LogP contribution in [-0.4, -0.2) is 55.5 Å². The topological polar surface area (TPSA) is 66.9 Å². The number of cyclic esters (lactones) is 1. The van der Waals surface area contributed by atoms with Crippen LogP contribution in [0.15, 0.2) is 64.0 Å². The number of carbonyl (C=O) groups is 1. The summed E-state index contributed by atoms with van der Waals surface area (Å²) in [6, 6.07) is 16.8. The van der Waals surface area contributed by atoms with E-state index in [0.717, 1.165) is 16.5 Å². The van der Waals surface area contributed by atoms with Crippen LogP contribution in [0.2, 0.25) is 0 Å². The highest BCUT2D eigenvalue weighted by Gasteiger charge is 2.40. The zero-order valence-corrected chi connectivity index (χ0v) is 18.3. The minimum atomic E-state index is -3.54. The summed E-state index contributed by atoms with van der Waals surface area (Å²) in [4.78, 5) is 14.5. The van der Waals surface area contributed by atoms with Crippen molar-refractivity contribution in [2.24, 2.45) is 0 Å². The maximum absolute atomic E-state index is 12.9. The lowest BCUT2D eigenvalue weighted by atomic mass is 10.00. The highest BCUT2D eigenvalue weighted by Crippen LogP contribution is 2.29. The number of carbonyl (C=O) groups excluding carboxylic acids is 1. The van der Waals surface area contributed by atoms with E-state index in [2.05, 4.69) is 15.9 Å². The third-order valence-corrected chi connectivity index (χ3v) is 7.96. The summed E-state index contributed by atoms with van der Waals surface area (Å²) < 4.78 is 33.5. The van der Waals surface area contributed by atoms with Gasteiger partial charge in [-0.1, -0.05) is 52.3 Å². The summed E-state index contributed by atoms with van der Waals surface area (Å²) in [7, 11) is -3.54. The molecular weight excluding hydrogens is 456 g/mol. The van der Waals surface area contributed by atoms with E-state index in [-0.39, 0.29) is 23.1 Å². The summed E-state index contributed by atoms with van der Waals surface area (Å²) in [5.41, 5.74) is 1.16. The van der Waals surface area contributed by atoms with Crippen LogP contribution in [0, 0.1) is 0 Å². The first-order chi connectivity index (χ1) is 13.9. The van der Waals surface area contributed by atoms with Gasteiger partial charge in [-0.25, -0.2) is 13.2 Å². The van der Waals surface area contributed by atoms with Crippen molar-refractivity contribution in [3.8, 4) is 0 Å². The molecule has 0 spiro atoms. The summed E-state index contributed by atoms with van der Waals surface area (Å²) in [6.07, 6.45) is 1.66. The molecule has 0 saturated carbocycles. The maximum atomic E-state index is 12.9. The van der Waals surface area contributed by atoms with Gasteiger partial charge in [0.1, 0.15) is 6.61 Å². The summed E-state index contributed by atoms with van der Waals surface area (Å²) in [5, 5.41) is 0. The molecule has 2 fully saturated rings. The van der Waals surface area contributed by atoms with E-state index in [9.17, 15) is 13.2 Å². The molecule has 2 aliphatic rings. The SMILES string of the molecule is O=C1OC[C@H](Cc2ccccc2)N1C1CCN(S(=O)(=O)c2cccc(Br)c2)CC1. The van der Waals surface area contributed by atoms with Crippen molar-refractivity contribution in [2.45, 2.75) is 36.2 Å². The molecule has 0 unspecified atom stereocenters. The highest BCUT2D eigenvalue weighted by molar-refractivity contribution is 9.10. The Morgan fingerprint density at radius 2 is 1.76 bits per heavy atom. The first-order valence-electron chi connectivity index (χ1n) is 9.70. The van der Waals surface area contributed by atoms with Gasteiger partial charge >= 0.3 is 6.09 Å².